The van der Waals surface area contributed by atoms with Gasteiger partial charge < -0.3 is 15.4 Å². The van der Waals surface area contributed by atoms with Crippen LogP contribution < -0.4 is 5.73 Å². The van der Waals surface area contributed by atoms with Crippen LogP contribution >= 0.6 is 0 Å². The fourth-order valence-corrected chi connectivity index (χ4v) is 2.48. The van der Waals surface area contributed by atoms with Crippen molar-refractivity contribution in [3.05, 3.63) is 39.9 Å². The first-order valence-electron chi connectivity index (χ1n) is 6.78. The first-order chi connectivity index (χ1) is 9.94. The second-order valence-corrected chi connectivity index (χ2v) is 5.32. The van der Waals surface area contributed by atoms with E-state index in [2.05, 4.69) is 0 Å². The number of carbonyl (C=O) groups excluding carboxylic acids is 1. The zero-order valence-corrected chi connectivity index (χ0v) is 11.9. The summed E-state index contributed by atoms with van der Waals surface area (Å²) in [6.07, 6.45) is 0.931. The third kappa shape index (κ3) is 3.37. The van der Waals surface area contributed by atoms with Gasteiger partial charge in [0.25, 0.3) is 5.69 Å². The molecule has 1 aliphatic rings. The maximum absolute atomic E-state index is 12.5. The Morgan fingerprint density at radius 2 is 2.05 bits per heavy atom. The van der Waals surface area contributed by atoms with Gasteiger partial charge in [0.15, 0.2) is 0 Å². The summed E-state index contributed by atoms with van der Waals surface area (Å²) >= 11 is 0. The average Bonchev–Trinajstić information content (AvgIpc) is 2.47. The van der Waals surface area contributed by atoms with Gasteiger partial charge in [-0.25, -0.2) is 0 Å². The summed E-state index contributed by atoms with van der Waals surface area (Å²) in [5, 5.41) is 11.0. The SMILES string of the molecule is CN(Cc1ccccc1[N+](=O)[O-])C(=O)C1(N)CCOCC1. The number of likely N-dealkylation sites (N-methyl/N-ethyl adjacent to an activating group) is 1. The molecule has 0 unspecified atom stereocenters. The molecule has 0 bridgehead atoms. The number of nitro benzene ring substituents is 1. The molecule has 2 N–H and O–H groups in total. The highest BCUT2D eigenvalue weighted by Gasteiger charge is 2.38. The first kappa shape index (κ1) is 15.4. The van der Waals surface area contributed by atoms with Gasteiger partial charge in [0.2, 0.25) is 5.91 Å². The minimum atomic E-state index is -0.934. The summed E-state index contributed by atoms with van der Waals surface area (Å²) in [7, 11) is 1.61. The smallest absolute Gasteiger partial charge is 0.274 e. The summed E-state index contributed by atoms with van der Waals surface area (Å²) in [4.78, 5) is 24.5. The van der Waals surface area contributed by atoms with E-state index in [1.54, 1.807) is 25.2 Å². The zero-order valence-electron chi connectivity index (χ0n) is 11.9. The minimum Gasteiger partial charge on any atom is -0.381 e. The van der Waals surface area contributed by atoms with Crippen molar-refractivity contribution < 1.29 is 14.5 Å². The van der Waals surface area contributed by atoms with Crippen LogP contribution in [0.5, 0.6) is 0 Å². The molecule has 1 aromatic carbocycles. The number of para-hydroxylation sites is 1. The molecule has 1 saturated heterocycles. The van der Waals surface area contributed by atoms with Crippen molar-refractivity contribution in [1.29, 1.82) is 0 Å². The summed E-state index contributed by atoms with van der Waals surface area (Å²) < 4.78 is 5.22. The lowest BCUT2D eigenvalue weighted by Gasteiger charge is -2.35. The van der Waals surface area contributed by atoms with Crippen LogP contribution in [0.15, 0.2) is 24.3 Å². The van der Waals surface area contributed by atoms with E-state index in [1.807, 2.05) is 0 Å². The predicted octanol–water partition coefficient (Wildman–Crippen LogP) is 1.06. The largest absolute Gasteiger partial charge is 0.381 e. The molecule has 1 aromatic rings. The molecule has 1 fully saturated rings. The third-order valence-electron chi connectivity index (χ3n) is 3.75. The number of rotatable bonds is 4. The highest BCUT2D eigenvalue weighted by atomic mass is 16.6. The van der Waals surface area contributed by atoms with Gasteiger partial charge in [0.05, 0.1) is 17.0 Å². The Hall–Kier alpha value is -1.99. The Bertz CT molecular complexity index is 541. The molecule has 0 aromatic heterocycles. The number of ether oxygens (including phenoxy) is 1. The fraction of sp³-hybridized carbons (Fsp3) is 0.500. The molecule has 7 nitrogen and oxygen atoms in total. The molecule has 1 aliphatic heterocycles. The molecule has 0 aliphatic carbocycles. The standard InChI is InChI=1S/C14H19N3O4/c1-16(13(18)14(15)6-8-21-9-7-14)10-11-4-2-3-5-12(11)17(19)20/h2-5H,6-10,15H2,1H3. The lowest BCUT2D eigenvalue weighted by atomic mass is 9.89. The fourth-order valence-electron chi connectivity index (χ4n) is 2.48. The van der Waals surface area contributed by atoms with Gasteiger partial charge >= 0.3 is 0 Å². The Balaban J connectivity index is 2.12. The maximum atomic E-state index is 12.5. The molecule has 0 atom stereocenters. The van der Waals surface area contributed by atoms with Crippen molar-refractivity contribution in [3.63, 3.8) is 0 Å². The molecule has 21 heavy (non-hydrogen) atoms. The summed E-state index contributed by atoms with van der Waals surface area (Å²) in [5.41, 5.74) is 5.72. The molecular weight excluding hydrogens is 274 g/mol. The van der Waals surface area contributed by atoms with Gasteiger partial charge in [-0.05, 0) is 12.8 Å². The number of benzene rings is 1. The summed E-state index contributed by atoms with van der Waals surface area (Å²) in [6, 6.07) is 6.40. The van der Waals surface area contributed by atoms with Crippen LogP contribution in [0.25, 0.3) is 0 Å². The van der Waals surface area contributed by atoms with Crippen LogP contribution in [-0.2, 0) is 16.1 Å². The van der Waals surface area contributed by atoms with E-state index < -0.39 is 10.5 Å². The normalized spacial score (nSPS) is 17.2. The zero-order chi connectivity index (χ0) is 15.5. The molecule has 1 amide bonds. The van der Waals surface area contributed by atoms with Crippen LogP contribution in [0.2, 0.25) is 0 Å². The van der Waals surface area contributed by atoms with E-state index in [-0.39, 0.29) is 18.1 Å². The van der Waals surface area contributed by atoms with Gasteiger partial charge in [-0.1, -0.05) is 18.2 Å². The Morgan fingerprint density at radius 1 is 1.43 bits per heavy atom. The highest BCUT2D eigenvalue weighted by Crippen LogP contribution is 2.23. The highest BCUT2D eigenvalue weighted by molar-refractivity contribution is 5.86. The predicted molar refractivity (Wildman–Crippen MR) is 76.5 cm³/mol. The maximum Gasteiger partial charge on any atom is 0.274 e. The van der Waals surface area contributed by atoms with Crippen LogP contribution in [-0.4, -0.2) is 41.5 Å². The molecule has 2 rings (SSSR count). The first-order valence-corrected chi connectivity index (χ1v) is 6.78. The van der Waals surface area contributed by atoms with Gasteiger partial charge in [-0.15, -0.1) is 0 Å². The summed E-state index contributed by atoms with van der Waals surface area (Å²) in [5.74, 6) is -0.205. The molecule has 114 valence electrons. The van der Waals surface area contributed by atoms with Crippen LogP contribution in [0.4, 0.5) is 5.69 Å². The molecule has 0 radical (unpaired) electrons. The number of nitro groups is 1. The van der Waals surface area contributed by atoms with E-state index in [9.17, 15) is 14.9 Å². The van der Waals surface area contributed by atoms with Crippen LogP contribution in [0.1, 0.15) is 18.4 Å². The Kier molecular flexibility index (Phi) is 4.54. The lowest BCUT2D eigenvalue weighted by Crippen LogP contribution is -2.57. The van der Waals surface area contributed by atoms with Gasteiger partial charge in [0, 0.05) is 31.9 Å². The topological polar surface area (TPSA) is 98.7 Å². The second kappa shape index (κ2) is 6.19. The Morgan fingerprint density at radius 3 is 2.67 bits per heavy atom. The van der Waals surface area contributed by atoms with Gasteiger partial charge in [0.1, 0.15) is 0 Å². The van der Waals surface area contributed by atoms with E-state index in [0.717, 1.165) is 0 Å². The van der Waals surface area contributed by atoms with E-state index >= 15 is 0 Å². The third-order valence-corrected chi connectivity index (χ3v) is 3.75. The van der Waals surface area contributed by atoms with Gasteiger partial charge in [-0.3, -0.25) is 14.9 Å². The van der Waals surface area contributed by atoms with E-state index in [1.165, 1.54) is 11.0 Å². The van der Waals surface area contributed by atoms with Crippen molar-refractivity contribution in [1.82, 2.24) is 4.90 Å². The molecule has 1 heterocycles. The van der Waals surface area contributed by atoms with Gasteiger partial charge in [-0.2, -0.15) is 0 Å². The van der Waals surface area contributed by atoms with Crippen LogP contribution in [0.3, 0.4) is 0 Å². The number of nitrogens with two attached hydrogens (primary N) is 1. The molecule has 0 saturated carbocycles. The van der Waals surface area contributed by atoms with Crippen molar-refractivity contribution in [2.45, 2.75) is 24.9 Å². The number of amides is 1. The van der Waals surface area contributed by atoms with Crippen molar-refractivity contribution in [3.8, 4) is 0 Å². The van der Waals surface area contributed by atoms with Crippen molar-refractivity contribution in [2.75, 3.05) is 20.3 Å². The van der Waals surface area contributed by atoms with Crippen molar-refractivity contribution >= 4 is 11.6 Å². The lowest BCUT2D eigenvalue weighted by molar-refractivity contribution is -0.385. The second-order valence-electron chi connectivity index (χ2n) is 5.32. The summed E-state index contributed by atoms with van der Waals surface area (Å²) in [6.45, 7) is 1.08. The average molecular weight is 293 g/mol. The Labute approximate surface area is 122 Å². The van der Waals surface area contributed by atoms with Crippen LogP contribution in [0, 0.1) is 10.1 Å². The molecule has 7 heteroatoms. The number of carbonyl (C=O) groups is 1. The monoisotopic (exact) mass is 293 g/mol. The minimum absolute atomic E-state index is 0.00944. The number of nitrogens with zero attached hydrogens (tertiary/aromatic N) is 2. The number of hydrogen-bond acceptors (Lipinski definition) is 5. The molecular formula is C14H19N3O4. The van der Waals surface area contributed by atoms with Crippen molar-refractivity contribution in [2.24, 2.45) is 5.73 Å². The quantitative estimate of drug-likeness (QED) is 0.661. The van der Waals surface area contributed by atoms with E-state index in [0.29, 0.717) is 31.6 Å². The van der Waals surface area contributed by atoms with E-state index in [4.69, 9.17) is 10.5 Å². The molecule has 0 spiro atoms. The number of hydrogen-bond donors (Lipinski definition) is 1.